The van der Waals surface area contributed by atoms with E-state index in [-0.39, 0.29) is 29.9 Å². The number of ether oxygens (including phenoxy) is 2. The summed E-state index contributed by atoms with van der Waals surface area (Å²) in [6.45, 7) is 5.88. The number of esters is 1. The Labute approximate surface area is 142 Å². The van der Waals surface area contributed by atoms with Gasteiger partial charge >= 0.3 is 5.97 Å². The van der Waals surface area contributed by atoms with Crippen molar-refractivity contribution in [2.75, 3.05) is 24.6 Å². The molecule has 0 spiro atoms. The van der Waals surface area contributed by atoms with Crippen LogP contribution in [-0.2, 0) is 14.3 Å². The highest BCUT2D eigenvalue weighted by molar-refractivity contribution is 5.94. The number of rotatable bonds is 6. The van der Waals surface area contributed by atoms with Crippen LogP contribution in [0.2, 0.25) is 0 Å². The minimum Gasteiger partial charge on any atom is -0.462 e. The predicted molar refractivity (Wildman–Crippen MR) is 91.3 cm³/mol. The van der Waals surface area contributed by atoms with Gasteiger partial charge in [0.2, 0.25) is 0 Å². The fraction of sp³-hybridized carbons (Fsp3) is 0.579. The molecule has 2 fully saturated rings. The van der Waals surface area contributed by atoms with Crippen molar-refractivity contribution >= 4 is 17.4 Å². The second-order valence-electron chi connectivity index (χ2n) is 6.56. The zero-order valence-corrected chi connectivity index (χ0v) is 14.4. The number of benzene rings is 1. The second-order valence-corrected chi connectivity index (χ2v) is 6.56. The number of hydrogen-bond acceptors (Lipinski definition) is 5. The molecule has 5 nitrogen and oxygen atoms in total. The topological polar surface area (TPSA) is 55.8 Å². The van der Waals surface area contributed by atoms with E-state index in [1.807, 2.05) is 31.2 Å². The average Bonchev–Trinajstić information content (AvgIpc) is 3.35. The molecule has 3 rings (SSSR count). The molecular weight excluding hydrogens is 306 g/mol. The van der Waals surface area contributed by atoms with Crippen molar-refractivity contribution in [2.45, 2.75) is 45.3 Å². The Morgan fingerprint density at radius 2 is 1.83 bits per heavy atom. The number of hydrogen-bond donors (Lipinski definition) is 0. The molecule has 0 N–H and O–H groups in total. The lowest BCUT2D eigenvalue weighted by Crippen LogP contribution is -2.38. The molecule has 0 unspecified atom stereocenters. The van der Waals surface area contributed by atoms with Crippen molar-refractivity contribution in [1.82, 2.24) is 0 Å². The van der Waals surface area contributed by atoms with Crippen LogP contribution in [0.1, 0.15) is 43.5 Å². The van der Waals surface area contributed by atoms with E-state index in [9.17, 15) is 9.59 Å². The maximum Gasteiger partial charge on any atom is 0.311 e. The maximum absolute atomic E-state index is 12.1. The molecule has 0 aromatic heterocycles. The highest BCUT2D eigenvalue weighted by Crippen LogP contribution is 2.35. The lowest BCUT2D eigenvalue weighted by molar-refractivity contribution is -0.152. The number of anilines is 1. The van der Waals surface area contributed by atoms with Gasteiger partial charge in [-0.1, -0.05) is 0 Å². The first-order valence-electron chi connectivity index (χ1n) is 8.76. The minimum atomic E-state index is -0.0993. The van der Waals surface area contributed by atoms with Crippen molar-refractivity contribution in [3.8, 4) is 0 Å². The fourth-order valence-electron chi connectivity index (χ4n) is 3.21. The molecule has 0 amide bonds. The number of piperidine rings is 1. The van der Waals surface area contributed by atoms with Crippen LogP contribution in [0.5, 0.6) is 0 Å². The molecule has 1 aromatic rings. The molecule has 24 heavy (non-hydrogen) atoms. The molecule has 1 aliphatic carbocycles. The zero-order chi connectivity index (χ0) is 17.1. The van der Waals surface area contributed by atoms with Gasteiger partial charge in [-0.3, -0.25) is 9.59 Å². The Balaban J connectivity index is 1.45. The summed E-state index contributed by atoms with van der Waals surface area (Å²) in [5.41, 5.74) is 1.85. The molecule has 1 saturated heterocycles. The summed E-state index contributed by atoms with van der Waals surface area (Å²) in [7, 11) is 0. The molecule has 1 saturated carbocycles. The summed E-state index contributed by atoms with van der Waals surface area (Å²) in [6, 6.07) is 7.70. The molecule has 5 heteroatoms. The third-order valence-electron chi connectivity index (χ3n) is 4.78. The SMILES string of the molecule is CCO[C@H]1C[C@H]1C(=O)OC1CCN(c2ccc(C(C)=O)cc2)CC1. The van der Waals surface area contributed by atoms with Gasteiger partial charge in [0, 0.05) is 43.8 Å². The van der Waals surface area contributed by atoms with E-state index in [0.717, 1.165) is 43.6 Å². The van der Waals surface area contributed by atoms with Gasteiger partial charge in [-0.2, -0.15) is 0 Å². The van der Waals surface area contributed by atoms with E-state index in [0.29, 0.717) is 6.61 Å². The molecule has 1 aliphatic heterocycles. The molecule has 1 heterocycles. The summed E-state index contributed by atoms with van der Waals surface area (Å²) in [5.74, 6) is -0.0718. The first kappa shape index (κ1) is 17.0. The molecule has 0 bridgehead atoms. The summed E-state index contributed by atoms with van der Waals surface area (Å²) in [4.78, 5) is 25.7. The molecule has 1 aromatic carbocycles. The number of carbonyl (C=O) groups is 2. The fourth-order valence-corrected chi connectivity index (χ4v) is 3.21. The van der Waals surface area contributed by atoms with Gasteiger partial charge in [0.15, 0.2) is 5.78 Å². The lowest BCUT2D eigenvalue weighted by atomic mass is 10.1. The quantitative estimate of drug-likeness (QED) is 0.593. The van der Waals surface area contributed by atoms with Gasteiger partial charge in [-0.15, -0.1) is 0 Å². The summed E-state index contributed by atoms with van der Waals surface area (Å²) < 4.78 is 11.1. The van der Waals surface area contributed by atoms with Crippen molar-refractivity contribution in [1.29, 1.82) is 0 Å². The van der Waals surface area contributed by atoms with E-state index >= 15 is 0 Å². The normalized spacial score (nSPS) is 23.8. The third-order valence-corrected chi connectivity index (χ3v) is 4.78. The Kier molecular flexibility index (Phi) is 5.19. The zero-order valence-electron chi connectivity index (χ0n) is 14.4. The van der Waals surface area contributed by atoms with E-state index in [1.165, 1.54) is 0 Å². The Hall–Kier alpha value is -1.88. The lowest BCUT2D eigenvalue weighted by Gasteiger charge is -2.33. The first-order valence-corrected chi connectivity index (χ1v) is 8.76. The van der Waals surface area contributed by atoms with E-state index in [4.69, 9.17) is 9.47 Å². The van der Waals surface area contributed by atoms with Crippen LogP contribution in [0, 0.1) is 5.92 Å². The molecule has 0 radical (unpaired) electrons. The van der Waals surface area contributed by atoms with Gasteiger partial charge in [-0.05, 0) is 44.5 Å². The smallest absolute Gasteiger partial charge is 0.311 e. The van der Waals surface area contributed by atoms with E-state index < -0.39 is 0 Å². The monoisotopic (exact) mass is 331 g/mol. The van der Waals surface area contributed by atoms with Gasteiger partial charge < -0.3 is 14.4 Å². The van der Waals surface area contributed by atoms with Crippen molar-refractivity contribution < 1.29 is 19.1 Å². The highest BCUT2D eigenvalue weighted by atomic mass is 16.6. The highest BCUT2D eigenvalue weighted by Gasteiger charge is 2.46. The van der Waals surface area contributed by atoms with Crippen molar-refractivity contribution in [3.63, 3.8) is 0 Å². The van der Waals surface area contributed by atoms with Gasteiger partial charge in [0.05, 0.1) is 12.0 Å². The van der Waals surface area contributed by atoms with Crippen LogP contribution in [0.4, 0.5) is 5.69 Å². The van der Waals surface area contributed by atoms with E-state index in [1.54, 1.807) is 6.92 Å². The number of nitrogens with zero attached hydrogens (tertiary/aromatic N) is 1. The van der Waals surface area contributed by atoms with Crippen LogP contribution >= 0.6 is 0 Å². The molecule has 130 valence electrons. The molecular formula is C19H25NO4. The summed E-state index contributed by atoms with van der Waals surface area (Å²) in [6.07, 6.45) is 2.56. The van der Waals surface area contributed by atoms with Crippen LogP contribution in [0.15, 0.2) is 24.3 Å². The number of carbonyl (C=O) groups excluding carboxylic acids is 2. The predicted octanol–water partition coefficient (Wildman–Crippen LogP) is 2.83. The first-order chi connectivity index (χ1) is 11.6. The average molecular weight is 331 g/mol. The van der Waals surface area contributed by atoms with Crippen LogP contribution in [-0.4, -0.2) is 43.7 Å². The Morgan fingerprint density at radius 3 is 2.42 bits per heavy atom. The van der Waals surface area contributed by atoms with Gasteiger partial charge in [-0.25, -0.2) is 0 Å². The number of ketones is 1. The molecule has 2 atom stereocenters. The Morgan fingerprint density at radius 1 is 1.17 bits per heavy atom. The Bertz CT molecular complexity index is 590. The largest absolute Gasteiger partial charge is 0.462 e. The van der Waals surface area contributed by atoms with Crippen LogP contribution < -0.4 is 4.90 Å². The van der Waals surface area contributed by atoms with Gasteiger partial charge in [0.25, 0.3) is 0 Å². The van der Waals surface area contributed by atoms with Crippen LogP contribution in [0.25, 0.3) is 0 Å². The standard InChI is InChI=1S/C19H25NO4/c1-3-23-18-12-17(18)19(22)24-16-8-10-20(11-9-16)15-6-4-14(5-7-15)13(2)21/h4-7,16-18H,3,8-12H2,1-2H3/t17-,18+/m1/s1. The van der Waals surface area contributed by atoms with Crippen LogP contribution in [0.3, 0.4) is 0 Å². The van der Waals surface area contributed by atoms with Crippen molar-refractivity contribution in [2.24, 2.45) is 5.92 Å². The summed E-state index contributed by atoms with van der Waals surface area (Å²) in [5, 5.41) is 0. The molecule has 2 aliphatic rings. The second kappa shape index (κ2) is 7.34. The van der Waals surface area contributed by atoms with Crippen molar-refractivity contribution in [3.05, 3.63) is 29.8 Å². The van der Waals surface area contributed by atoms with E-state index in [2.05, 4.69) is 4.90 Å². The number of Topliss-reactive ketones (excluding diaryl/α,β-unsaturated/α-hetero) is 1. The minimum absolute atomic E-state index is 0.00752. The van der Waals surface area contributed by atoms with Gasteiger partial charge in [0.1, 0.15) is 6.10 Å². The maximum atomic E-state index is 12.1. The third kappa shape index (κ3) is 3.96. The summed E-state index contributed by atoms with van der Waals surface area (Å²) >= 11 is 0.